The maximum Gasteiger partial charge on any atom is 0.196 e. The van der Waals surface area contributed by atoms with Gasteiger partial charge in [0.15, 0.2) is 16.9 Å². The zero-order valence-corrected chi connectivity index (χ0v) is 12.0. The number of fused-ring (bicyclic) bond motifs is 1. The number of phenols is 2. The van der Waals surface area contributed by atoms with Crippen molar-refractivity contribution in [2.75, 3.05) is 0 Å². The minimum atomic E-state index is -0.490. The fourth-order valence-electron chi connectivity index (χ4n) is 2.34. The molecule has 0 aliphatic heterocycles. The van der Waals surface area contributed by atoms with E-state index in [4.69, 9.17) is 4.42 Å². The highest BCUT2D eigenvalue weighted by atomic mass is 19.1. The van der Waals surface area contributed by atoms with Gasteiger partial charge in [0.25, 0.3) is 0 Å². The quantitative estimate of drug-likeness (QED) is 0.645. The first kappa shape index (κ1) is 15.1. The number of rotatable bonds is 4. The summed E-state index contributed by atoms with van der Waals surface area (Å²) >= 11 is 0. The molecule has 0 radical (unpaired) electrons. The van der Waals surface area contributed by atoms with Crippen LogP contribution in [-0.4, -0.2) is 10.2 Å². The lowest BCUT2D eigenvalue weighted by molar-refractivity contribution is 0.406. The largest absolute Gasteiger partial charge is 0.504 e. The molecule has 3 aromatic rings. The number of nitrogens with one attached hydrogen (secondary N) is 1. The molecule has 3 N–H and O–H groups in total. The molecule has 0 aliphatic carbocycles. The lowest BCUT2D eigenvalue weighted by atomic mass is 10.2. The molecule has 1 heterocycles. The van der Waals surface area contributed by atoms with Crippen LogP contribution in [0.25, 0.3) is 11.0 Å². The summed E-state index contributed by atoms with van der Waals surface area (Å²) in [7, 11) is 0. The Morgan fingerprint density at radius 1 is 1.09 bits per heavy atom. The third-order valence-corrected chi connectivity index (χ3v) is 3.42. The fourth-order valence-corrected chi connectivity index (χ4v) is 2.34. The number of benzene rings is 2. The maximum atomic E-state index is 13.1. The molecule has 3 rings (SSSR count). The van der Waals surface area contributed by atoms with Crippen LogP contribution in [0.2, 0.25) is 0 Å². The molecule has 0 bridgehead atoms. The van der Waals surface area contributed by atoms with Crippen LogP contribution in [0.15, 0.2) is 51.7 Å². The predicted molar refractivity (Wildman–Crippen MR) is 82.8 cm³/mol. The van der Waals surface area contributed by atoms with Gasteiger partial charge in [0.05, 0.1) is 6.54 Å². The lowest BCUT2D eigenvalue weighted by Gasteiger charge is -2.07. The molecule has 0 saturated carbocycles. The van der Waals surface area contributed by atoms with Gasteiger partial charge in [-0.25, -0.2) is 4.39 Å². The van der Waals surface area contributed by atoms with Crippen molar-refractivity contribution in [3.63, 3.8) is 0 Å². The summed E-state index contributed by atoms with van der Waals surface area (Å²) in [6, 6.07) is 10.1. The first-order valence-electron chi connectivity index (χ1n) is 6.97. The standard InChI is InChI=1S/C17H14FNO4/c18-11-3-1-2-10(6-11)8-19-9-12-7-14(21)16-15(23-12)5-4-13(20)17(16)22/h1-7,19-20,22H,8-9H2. The second-order valence-electron chi connectivity index (χ2n) is 5.12. The lowest BCUT2D eigenvalue weighted by Crippen LogP contribution is -2.14. The highest BCUT2D eigenvalue weighted by molar-refractivity contribution is 5.85. The minimum Gasteiger partial charge on any atom is -0.504 e. The highest BCUT2D eigenvalue weighted by Crippen LogP contribution is 2.31. The summed E-state index contributed by atoms with van der Waals surface area (Å²) in [6.45, 7) is 0.684. The van der Waals surface area contributed by atoms with E-state index in [0.29, 0.717) is 12.3 Å². The van der Waals surface area contributed by atoms with E-state index in [0.717, 1.165) is 5.56 Å². The van der Waals surface area contributed by atoms with Crippen LogP contribution in [0.3, 0.4) is 0 Å². The Balaban J connectivity index is 1.79. The molecule has 0 atom stereocenters. The van der Waals surface area contributed by atoms with Crippen LogP contribution >= 0.6 is 0 Å². The van der Waals surface area contributed by atoms with Crippen LogP contribution < -0.4 is 10.7 Å². The Morgan fingerprint density at radius 2 is 1.91 bits per heavy atom. The van der Waals surface area contributed by atoms with E-state index >= 15 is 0 Å². The van der Waals surface area contributed by atoms with Crippen LogP contribution in [0.4, 0.5) is 4.39 Å². The van der Waals surface area contributed by atoms with Gasteiger partial charge in [-0.05, 0) is 29.8 Å². The molecule has 0 spiro atoms. The third-order valence-electron chi connectivity index (χ3n) is 3.42. The number of hydrogen-bond donors (Lipinski definition) is 3. The van der Waals surface area contributed by atoms with Gasteiger partial charge in [0, 0.05) is 12.6 Å². The highest BCUT2D eigenvalue weighted by Gasteiger charge is 2.12. The van der Waals surface area contributed by atoms with Crippen molar-refractivity contribution in [2.24, 2.45) is 0 Å². The van der Waals surface area contributed by atoms with Gasteiger partial charge >= 0.3 is 0 Å². The van der Waals surface area contributed by atoms with Crippen LogP contribution in [0.5, 0.6) is 11.5 Å². The van der Waals surface area contributed by atoms with Gasteiger partial charge in [-0.15, -0.1) is 0 Å². The van der Waals surface area contributed by atoms with E-state index in [-0.39, 0.29) is 29.1 Å². The molecule has 23 heavy (non-hydrogen) atoms. The van der Waals surface area contributed by atoms with Crippen molar-refractivity contribution in [3.05, 3.63) is 69.8 Å². The average molecular weight is 315 g/mol. The maximum absolute atomic E-state index is 13.1. The zero-order chi connectivity index (χ0) is 16.4. The molecular formula is C17H14FNO4. The Bertz CT molecular complexity index is 920. The van der Waals surface area contributed by atoms with Gasteiger partial charge in [-0.1, -0.05) is 12.1 Å². The predicted octanol–water partition coefficient (Wildman–Crippen LogP) is 2.63. The molecule has 1 aromatic heterocycles. The molecule has 0 fully saturated rings. The fraction of sp³-hybridized carbons (Fsp3) is 0.118. The average Bonchev–Trinajstić information content (AvgIpc) is 2.51. The summed E-state index contributed by atoms with van der Waals surface area (Å²) in [6.07, 6.45) is 0. The van der Waals surface area contributed by atoms with Crippen LogP contribution in [0, 0.1) is 5.82 Å². The van der Waals surface area contributed by atoms with Gasteiger partial charge in [0.1, 0.15) is 22.5 Å². The summed E-state index contributed by atoms with van der Waals surface area (Å²) in [5, 5.41) is 22.1. The van der Waals surface area contributed by atoms with Crippen molar-refractivity contribution >= 4 is 11.0 Å². The van der Waals surface area contributed by atoms with Crippen molar-refractivity contribution in [3.8, 4) is 11.5 Å². The normalized spacial score (nSPS) is 11.0. The Labute approximate surface area is 130 Å². The van der Waals surface area contributed by atoms with E-state index in [9.17, 15) is 19.4 Å². The van der Waals surface area contributed by atoms with Gasteiger partial charge in [0.2, 0.25) is 0 Å². The van der Waals surface area contributed by atoms with Gasteiger partial charge in [-0.2, -0.15) is 0 Å². The smallest absolute Gasteiger partial charge is 0.196 e. The summed E-state index contributed by atoms with van der Waals surface area (Å²) in [4.78, 5) is 12.0. The van der Waals surface area contributed by atoms with Crippen LogP contribution in [0.1, 0.15) is 11.3 Å². The number of phenolic OH excluding ortho intramolecular Hbond substituents is 2. The van der Waals surface area contributed by atoms with Crippen molar-refractivity contribution in [2.45, 2.75) is 13.1 Å². The van der Waals surface area contributed by atoms with Crippen LogP contribution in [-0.2, 0) is 13.1 Å². The molecular weight excluding hydrogens is 301 g/mol. The SMILES string of the molecule is O=c1cc(CNCc2cccc(F)c2)oc2ccc(O)c(O)c12. The molecule has 0 unspecified atom stereocenters. The first-order valence-corrected chi connectivity index (χ1v) is 6.97. The second-order valence-corrected chi connectivity index (χ2v) is 5.12. The second kappa shape index (κ2) is 6.10. The van der Waals surface area contributed by atoms with E-state index in [2.05, 4.69) is 5.32 Å². The van der Waals surface area contributed by atoms with Gasteiger partial charge in [-0.3, -0.25) is 4.79 Å². The number of aromatic hydroxyl groups is 2. The molecule has 0 saturated heterocycles. The Hall–Kier alpha value is -2.86. The number of hydrogen-bond acceptors (Lipinski definition) is 5. The topological polar surface area (TPSA) is 82.7 Å². The molecule has 6 heteroatoms. The number of halogens is 1. The van der Waals surface area contributed by atoms with E-state index < -0.39 is 11.2 Å². The van der Waals surface area contributed by atoms with Crippen molar-refractivity contribution in [1.29, 1.82) is 0 Å². The molecule has 118 valence electrons. The molecule has 0 aliphatic rings. The summed E-state index contributed by atoms with van der Waals surface area (Å²) < 4.78 is 18.6. The minimum absolute atomic E-state index is 0.0566. The molecule has 5 nitrogen and oxygen atoms in total. The first-order chi connectivity index (χ1) is 11.0. The summed E-state index contributed by atoms with van der Waals surface area (Å²) in [5.41, 5.74) is 0.522. The Morgan fingerprint density at radius 3 is 2.70 bits per heavy atom. The van der Waals surface area contributed by atoms with E-state index in [1.807, 2.05) is 0 Å². The van der Waals surface area contributed by atoms with Crippen molar-refractivity contribution in [1.82, 2.24) is 5.32 Å². The molecule has 0 amide bonds. The Kier molecular flexibility index (Phi) is 3.99. The zero-order valence-electron chi connectivity index (χ0n) is 12.0. The monoisotopic (exact) mass is 315 g/mol. The van der Waals surface area contributed by atoms with E-state index in [1.54, 1.807) is 12.1 Å². The summed E-state index contributed by atoms with van der Waals surface area (Å²) in [5.74, 6) is -0.793. The van der Waals surface area contributed by atoms with E-state index in [1.165, 1.54) is 30.3 Å². The van der Waals surface area contributed by atoms with Gasteiger partial charge < -0.3 is 19.9 Å². The third kappa shape index (κ3) is 3.17. The van der Waals surface area contributed by atoms with Crippen molar-refractivity contribution < 1.29 is 19.0 Å². The molecule has 2 aromatic carbocycles.